The molecule has 0 aromatic heterocycles. The minimum Gasteiger partial charge on any atom is -0.478 e. The smallest absolute Gasteiger partial charge is 0.328 e. The van der Waals surface area contributed by atoms with Crippen molar-refractivity contribution >= 4 is 17.7 Å². The fraction of sp³-hybridized carbons (Fsp3) is 0.320. The second-order valence-corrected chi connectivity index (χ2v) is 7.37. The minimum absolute atomic E-state index is 0.0980. The Labute approximate surface area is 183 Å². The van der Waals surface area contributed by atoms with Gasteiger partial charge in [0.2, 0.25) is 0 Å². The molecule has 6 nitrogen and oxygen atoms in total. The second-order valence-electron chi connectivity index (χ2n) is 7.37. The van der Waals surface area contributed by atoms with E-state index < -0.39 is 11.9 Å². The molecule has 0 amide bonds. The second kappa shape index (κ2) is 14.7. The highest BCUT2D eigenvalue weighted by atomic mass is 16.4. The molecule has 0 radical (unpaired) electrons. The fourth-order valence-corrected chi connectivity index (χ4v) is 2.83. The minimum atomic E-state index is -1.26. The maximum absolute atomic E-state index is 12.3. The highest BCUT2D eigenvalue weighted by Crippen LogP contribution is 2.13. The van der Waals surface area contributed by atoms with Crippen LogP contribution in [0.25, 0.3) is 0 Å². The number of ketones is 1. The van der Waals surface area contributed by atoms with Gasteiger partial charge in [0.05, 0.1) is 0 Å². The molecule has 0 saturated carbocycles. The molecule has 2 N–H and O–H groups in total. The molecule has 0 bridgehead atoms. The van der Waals surface area contributed by atoms with Crippen LogP contribution in [0.2, 0.25) is 0 Å². The van der Waals surface area contributed by atoms with E-state index in [1.807, 2.05) is 42.5 Å². The quantitative estimate of drug-likeness (QED) is 0.317. The van der Waals surface area contributed by atoms with Crippen molar-refractivity contribution in [3.05, 3.63) is 83.4 Å². The lowest BCUT2D eigenvalue weighted by atomic mass is 10.00. The Morgan fingerprint density at radius 3 is 1.77 bits per heavy atom. The predicted octanol–water partition coefficient (Wildman–Crippen LogP) is 4.29. The SMILES string of the molecule is CN(C)CCCCCCc1ccc(C(=O)c2ccccc2)cc1.O=C(O)/C=C/C(=O)O. The lowest BCUT2D eigenvalue weighted by Crippen LogP contribution is -2.12. The van der Waals surface area contributed by atoms with Crippen molar-refractivity contribution < 1.29 is 24.6 Å². The van der Waals surface area contributed by atoms with Crippen molar-refractivity contribution in [2.45, 2.75) is 32.1 Å². The first-order valence-electron chi connectivity index (χ1n) is 10.3. The van der Waals surface area contributed by atoms with Crippen molar-refractivity contribution in [1.82, 2.24) is 4.90 Å². The number of aliphatic carboxylic acids is 2. The summed E-state index contributed by atoms with van der Waals surface area (Å²) in [6.07, 6.45) is 7.28. The molecule has 0 atom stereocenters. The number of carboxylic acid groups (broad SMARTS) is 2. The lowest BCUT2D eigenvalue weighted by Gasteiger charge is -2.08. The van der Waals surface area contributed by atoms with Gasteiger partial charge < -0.3 is 15.1 Å². The zero-order chi connectivity index (χ0) is 23.1. The van der Waals surface area contributed by atoms with Gasteiger partial charge in [-0.2, -0.15) is 0 Å². The van der Waals surface area contributed by atoms with Crippen LogP contribution in [-0.4, -0.2) is 53.5 Å². The van der Waals surface area contributed by atoms with Gasteiger partial charge in [0.15, 0.2) is 5.78 Å². The topological polar surface area (TPSA) is 94.9 Å². The van der Waals surface area contributed by atoms with Gasteiger partial charge in [0.1, 0.15) is 0 Å². The molecular weight excluding hydrogens is 394 g/mol. The first kappa shape index (κ1) is 25.8. The van der Waals surface area contributed by atoms with Crippen molar-refractivity contribution in [2.75, 3.05) is 20.6 Å². The van der Waals surface area contributed by atoms with Gasteiger partial charge in [-0.15, -0.1) is 0 Å². The molecule has 0 aliphatic carbocycles. The maximum atomic E-state index is 12.3. The molecule has 2 aromatic carbocycles. The summed E-state index contributed by atoms with van der Waals surface area (Å²) in [6.45, 7) is 1.18. The van der Waals surface area contributed by atoms with E-state index in [9.17, 15) is 14.4 Å². The summed E-state index contributed by atoms with van der Waals surface area (Å²) in [4.78, 5) is 33.7. The van der Waals surface area contributed by atoms with Crippen molar-refractivity contribution in [2.24, 2.45) is 0 Å². The van der Waals surface area contributed by atoms with Crippen molar-refractivity contribution in [1.29, 1.82) is 0 Å². The van der Waals surface area contributed by atoms with Crippen LogP contribution in [0.3, 0.4) is 0 Å². The fourth-order valence-electron chi connectivity index (χ4n) is 2.83. The van der Waals surface area contributed by atoms with Gasteiger partial charge in [-0.3, -0.25) is 4.79 Å². The summed E-state index contributed by atoms with van der Waals surface area (Å²) >= 11 is 0. The van der Waals surface area contributed by atoms with Gasteiger partial charge in [-0.1, -0.05) is 67.4 Å². The third-order valence-corrected chi connectivity index (χ3v) is 4.44. The number of benzene rings is 2. The average molecular weight is 426 g/mol. The molecule has 0 heterocycles. The third kappa shape index (κ3) is 12.1. The van der Waals surface area contributed by atoms with Gasteiger partial charge >= 0.3 is 11.9 Å². The van der Waals surface area contributed by atoms with Crippen LogP contribution >= 0.6 is 0 Å². The van der Waals surface area contributed by atoms with Crippen LogP contribution in [0.5, 0.6) is 0 Å². The molecule has 2 aromatic rings. The van der Waals surface area contributed by atoms with Gasteiger partial charge in [0, 0.05) is 23.3 Å². The number of hydrogen-bond acceptors (Lipinski definition) is 4. The van der Waals surface area contributed by atoms with E-state index in [-0.39, 0.29) is 5.78 Å². The molecule has 6 heteroatoms. The number of rotatable bonds is 11. The van der Waals surface area contributed by atoms with E-state index in [4.69, 9.17) is 10.2 Å². The standard InChI is InChI=1S/C21H27NO.C4H4O4/c1-22(2)17-9-4-3-6-10-18-13-15-20(16-14-18)21(23)19-11-7-5-8-12-19;5-3(6)1-2-4(7)8/h5,7-8,11-16H,3-4,6,9-10,17H2,1-2H3;1-2H,(H,5,6)(H,7,8)/b;2-1+. The average Bonchev–Trinajstić information content (AvgIpc) is 2.75. The van der Waals surface area contributed by atoms with Crippen LogP contribution in [0, 0.1) is 0 Å². The number of aryl methyl sites for hydroxylation is 1. The van der Waals surface area contributed by atoms with Gasteiger partial charge in [0.25, 0.3) is 0 Å². The zero-order valence-electron chi connectivity index (χ0n) is 18.2. The number of carbonyl (C=O) groups is 3. The molecule has 0 spiro atoms. The Kier molecular flexibility index (Phi) is 12.2. The number of carboxylic acids is 2. The van der Waals surface area contributed by atoms with Crippen LogP contribution in [0.4, 0.5) is 0 Å². The largest absolute Gasteiger partial charge is 0.478 e. The Morgan fingerprint density at radius 2 is 1.26 bits per heavy atom. The molecular formula is C25H31NO5. The molecule has 0 saturated heterocycles. The first-order valence-corrected chi connectivity index (χ1v) is 10.3. The Balaban J connectivity index is 0.000000512. The van der Waals surface area contributed by atoms with Gasteiger partial charge in [-0.05, 0) is 45.5 Å². The van der Waals surface area contributed by atoms with Crippen LogP contribution in [0.1, 0.15) is 47.2 Å². The summed E-state index contributed by atoms with van der Waals surface area (Å²) in [5, 5.41) is 15.6. The number of nitrogens with zero attached hydrogens (tertiary/aromatic N) is 1. The highest BCUT2D eigenvalue weighted by Gasteiger charge is 2.07. The van der Waals surface area contributed by atoms with E-state index in [0.717, 1.165) is 17.5 Å². The van der Waals surface area contributed by atoms with E-state index in [2.05, 4.69) is 31.1 Å². The van der Waals surface area contributed by atoms with Crippen LogP contribution in [-0.2, 0) is 16.0 Å². The monoisotopic (exact) mass is 425 g/mol. The Hall–Kier alpha value is -3.25. The first-order chi connectivity index (χ1) is 14.8. The third-order valence-electron chi connectivity index (χ3n) is 4.44. The van der Waals surface area contributed by atoms with E-state index in [1.54, 1.807) is 0 Å². The van der Waals surface area contributed by atoms with E-state index in [1.165, 1.54) is 37.8 Å². The number of hydrogen-bond donors (Lipinski definition) is 2. The van der Waals surface area contributed by atoms with Crippen LogP contribution < -0.4 is 0 Å². The molecule has 0 fully saturated rings. The summed E-state index contributed by atoms with van der Waals surface area (Å²) in [6, 6.07) is 17.6. The summed E-state index contributed by atoms with van der Waals surface area (Å²) in [5.41, 5.74) is 2.84. The van der Waals surface area contributed by atoms with Gasteiger partial charge in [-0.25, -0.2) is 9.59 Å². The number of unbranched alkanes of at least 4 members (excludes halogenated alkanes) is 3. The molecule has 0 aliphatic heterocycles. The van der Waals surface area contributed by atoms with E-state index >= 15 is 0 Å². The summed E-state index contributed by atoms with van der Waals surface area (Å²) in [7, 11) is 4.25. The molecule has 0 aliphatic rings. The predicted molar refractivity (Wildman–Crippen MR) is 121 cm³/mol. The highest BCUT2D eigenvalue weighted by molar-refractivity contribution is 6.08. The molecule has 31 heavy (non-hydrogen) atoms. The molecule has 166 valence electrons. The lowest BCUT2D eigenvalue weighted by molar-refractivity contribution is -0.134. The summed E-state index contributed by atoms with van der Waals surface area (Å²) < 4.78 is 0. The Bertz CT molecular complexity index is 826. The number of carbonyl (C=O) groups excluding carboxylic acids is 1. The molecule has 0 unspecified atom stereocenters. The van der Waals surface area contributed by atoms with Crippen molar-refractivity contribution in [3.8, 4) is 0 Å². The summed E-state index contributed by atoms with van der Waals surface area (Å²) in [5.74, 6) is -2.42. The van der Waals surface area contributed by atoms with Crippen LogP contribution in [0.15, 0.2) is 66.7 Å². The Morgan fingerprint density at radius 1 is 0.742 bits per heavy atom. The normalized spacial score (nSPS) is 10.5. The van der Waals surface area contributed by atoms with Crippen molar-refractivity contribution in [3.63, 3.8) is 0 Å². The maximum Gasteiger partial charge on any atom is 0.328 e. The molecule has 2 rings (SSSR count). The van der Waals surface area contributed by atoms with E-state index in [0.29, 0.717) is 12.2 Å². The zero-order valence-corrected chi connectivity index (χ0v) is 18.2.